The summed E-state index contributed by atoms with van der Waals surface area (Å²) in [4.78, 5) is 37.5. The summed E-state index contributed by atoms with van der Waals surface area (Å²) in [7, 11) is 0. The van der Waals surface area contributed by atoms with E-state index in [1.54, 1.807) is 39.0 Å². The van der Waals surface area contributed by atoms with Gasteiger partial charge in [-0.1, -0.05) is 24.1 Å². The highest BCUT2D eigenvalue weighted by Gasteiger charge is 2.52. The molecule has 1 aromatic rings. The summed E-state index contributed by atoms with van der Waals surface area (Å²) >= 11 is 6.04. The maximum absolute atomic E-state index is 13.1. The molecule has 6 nitrogen and oxygen atoms in total. The van der Waals surface area contributed by atoms with Crippen molar-refractivity contribution in [1.82, 2.24) is 5.32 Å². The van der Waals surface area contributed by atoms with Gasteiger partial charge < -0.3 is 15.2 Å². The van der Waals surface area contributed by atoms with Gasteiger partial charge in [0.25, 0.3) is 5.91 Å². The summed E-state index contributed by atoms with van der Waals surface area (Å²) in [6, 6.07) is 4.97. The van der Waals surface area contributed by atoms with Crippen LogP contribution in [0.25, 0.3) is 5.76 Å². The van der Waals surface area contributed by atoms with Crippen molar-refractivity contribution in [2.75, 3.05) is 6.54 Å². The van der Waals surface area contributed by atoms with Gasteiger partial charge >= 0.3 is 5.97 Å². The zero-order valence-corrected chi connectivity index (χ0v) is 16.3. The van der Waals surface area contributed by atoms with E-state index in [4.69, 9.17) is 16.3 Å². The van der Waals surface area contributed by atoms with Crippen LogP contribution in [0.4, 0.5) is 0 Å². The number of hydrogen-bond acceptors (Lipinski definition) is 5. The molecule has 0 bridgehead atoms. The van der Waals surface area contributed by atoms with E-state index >= 15 is 0 Å². The second-order valence-corrected chi connectivity index (χ2v) is 8.38. The lowest BCUT2D eigenvalue weighted by atomic mass is 9.57. The van der Waals surface area contributed by atoms with E-state index in [1.807, 2.05) is 0 Å². The first-order chi connectivity index (χ1) is 12.5. The Morgan fingerprint density at radius 3 is 2.52 bits per heavy atom. The number of halogens is 1. The molecule has 2 aliphatic carbocycles. The van der Waals surface area contributed by atoms with Crippen molar-refractivity contribution in [2.24, 2.45) is 0 Å². The Hall–Kier alpha value is -2.34. The number of aliphatic hydroxyl groups is 1. The lowest BCUT2D eigenvalue weighted by Gasteiger charge is -2.44. The van der Waals surface area contributed by atoms with Crippen molar-refractivity contribution in [2.45, 2.75) is 51.0 Å². The third-order valence-electron chi connectivity index (χ3n) is 4.90. The van der Waals surface area contributed by atoms with Gasteiger partial charge in [0.1, 0.15) is 23.5 Å². The molecule has 0 atom stereocenters. The Kier molecular flexibility index (Phi) is 4.80. The number of nitrogens with one attached hydrogen (secondary N) is 1. The molecule has 2 aliphatic rings. The van der Waals surface area contributed by atoms with Gasteiger partial charge in [0, 0.05) is 10.6 Å². The minimum Gasteiger partial charge on any atom is -0.506 e. The van der Waals surface area contributed by atoms with E-state index in [1.165, 1.54) is 0 Å². The average molecular weight is 392 g/mol. The first-order valence-corrected chi connectivity index (χ1v) is 9.21. The Balaban J connectivity index is 1.90. The van der Waals surface area contributed by atoms with Crippen LogP contribution >= 0.6 is 11.6 Å². The van der Waals surface area contributed by atoms with Crippen molar-refractivity contribution in [3.05, 3.63) is 39.9 Å². The molecular weight excluding hydrogens is 370 g/mol. The highest BCUT2D eigenvalue weighted by atomic mass is 35.5. The van der Waals surface area contributed by atoms with Crippen molar-refractivity contribution >= 4 is 35.0 Å². The number of rotatable bonds is 3. The molecule has 1 spiro atoms. The fourth-order valence-electron chi connectivity index (χ4n) is 3.59. The summed E-state index contributed by atoms with van der Waals surface area (Å²) < 4.78 is 5.14. The van der Waals surface area contributed by atoms with Crippen molar-refractivity contribution in [1.29, 1.82) is 0 Å². The van der Waals surface area contributed by atoms with E-state index in [9.17, 15) is 19.5 Å². The van der Waals surface area contributed by atoms with E-state index in [-0.39, 0.29) is 5.57 Å². The van der Waals surface area contributed by atoms with Crippen LogP contribution in [0.3, 0.4) is 0 Å². The molecule has 0 radical (unpaired) electrons. The number of aliphatic hydroxyl groups excluding tert-OH is 1. The number of ether oxygens (including phenoxy) is 1. The minimum absolute atomic E-state index is 0.326. The molecule has 144 valence electrons. The van der Waals surface area contributed by atoms with Gasteiger partial charge in [-0.3, -0.25) is 14.4 Å². The van der Waals surface area contributed by atoms with Crippen LogP contribution in [0.1, 0.15) is 51.2 Å². The second-order valence-electron chi connectivity index (χ2n) is 7.95. The average Bonchev–Trinajstić information content (AvgIpc) is 2.51. The number of fused-ring (bicyclic) bond motifs is 2. The van der Waals surface area contributed by atoms with E-state index < -0.39 is 41.0 Å². The van der Waals surface area contributed by atoms with Crippen LogP contribution in [0, 0.1) is 0 Å². The van der Waals surface area contributed by atoms with Gasteiger partial charge in [0.05, 0.1) is 5.41 Å². The summed E-state index contributed by atoms with van der Waals surface area (Å²) in [5.74, 6) is -2.24. The molecule has 1 fully saturated rings. The Bertz CT molecular complexity index is 862. The summed E-state index contributed by atoms with van der Waals surface area (Å²) in [6.07, 6.45) is 2.08. The van der Waals surface area contributed by atoms with Gasteiger partial charge in [0.2, 0.25) is 0 Å². The molecular formula is C20H22ClNO5. The number of ketones is 1. The number of amides is 1. The molecule has 1 amide bonds. The quantitative estimate of drug-likeness (QED) is 0.610. The zero-order chi connectivity index (χ0) is 20.0. The maximum Gasteiger partial charge on any atom is 0.325 e. The molecule has 0 saturated heterocycles. The van der Waals surface area contributed by atoms with Crippen molar-refractivity contribution in [3.8, 4) is 0 Å². The Labute approximate surface area is 162 Å². The fraction of sp³-hybridized carbons (Fsp3) is 0.450. The van der Waals surface area contributed by atoms with Gasteiger partial charge in [-0.05, 0) is 51.3 Å². The third kappa shape index (κ3) is 3.46. The largest absolute Gasteiger partial charge is 0.506 e. The molecule has 2 N–H and O–H groups in total. The molecule has 1 aromatic carbocycles. The summed E-state index contributed by atoms with van der Waals surface area (Å²) in [5, 5.41) is 13.4. The SMILES string of the molecule is CC(C)(C)OC(=O)CNC(=O)C1=C(O)c2cc(Cl)ccc2C2(CCC2)C1=O. The van der Waals surface area contributed by atoms with Gasteiger partial charge in [-0.2, -0.15) is 0 Å². The number of benzene rings is 1. The topological polar surface area (TPSA) is 92.7 Å². The highest BCUT2D eigenvalue weighted by molar-refractivity contribution is 6.32. The Morgan fingerprint density at radius 1 is 1.30 bits per heavy atom. The smallest absolute Gasteiger partial charge is 0.325 e. The monoisotopic (exact) mass is 391 g/mol. The number of carbonyl (C=O) groups is 3. The van der Waals surface area contributed by atoms with Crippen molar-refractivity contribution < 1.29 is 24.2 Å². The van der Waals surface area contributed by atoms with E-state index in [2.05, 4.69) is 5.32 Å². The molecule has 0 unspecified atom stereocenters. The van der Waals surface area contributed by atoms with Crippen LogP contribution < -0.4 is 5.32 Å². The summed E-state index contributed by atoms with van der Waals surface area (Å²) in [6.45, 7) is 4.75. The van der Waals surface area contributed by atoms with Crippen molar-refractivity contribution in [3.63, 3.8) is 0 Å². The molecule has 3 rings (SSSR count). The standard InChI is InChI=1S/C20H22ClNO5/c1-19(2,3)27-14(23)10-22-18(26)15-16(24)12-9-11(21)5-6-13(12)20(17(15)25)7-4-8-20/h5-6,9,24H,4,7-8,10H2,1-3H3,(H,22,26). The van der Waals surface area contributed by atoms with E-state index in [0.717, 1.165) is 6.42 Å². The van der Waals surface area contributed by atoms with Crippen LogP contribution in [-0.2, 0) is 24.5 Å². The lowest BCUT2D eigenvalue weighted by Crippen LogP contribution is -2.49. The van der Waals surface area contributed by atoms with Gasteiger partial charge in [-0.15, -0.1) is 0 Å². The lowest BCUT2D eigenvalue weighted by molar-refractivity contribution is -0.154. The molecule has 1 saturated carbocycles. The maximum atomic E-state index is 13.1. The predicted molar refractivity (Wildman–Crippen MR) is 100 cm³/mol. The zero-order valence-electron chi connectivity index (χ0n) is 15.5. The molecule has 0 aromatic heterocycles. The highest BCUT2D eigenvalue weighted by Crippen LogP contribution is 2.51. The number of Topliss-reactive ketones (excluding diaryl/α,β-unsaturated/α-hetero) is 1. The summed E-state index contributed by atoms with van der Waals surface area (Å²) in [5.41, 5.74) is -0.720. The number of esters is 1. The second kappa shape index (κ2) is 6.68. The normalized spacial score (nSPS) is 18.0. The molecule has 27 heavy (non-hydrogen) atoms. The number of hydrogen-bond donors (Lipinski definition) is 2. The first-order valence-electron chi connectivity index (χ1n) is 8.84. The van der Waals surface area contributed by atoms with Crippen LogP contribution in [-0.4, -0.2) is 34.9 Å². The molecule has 0 heterocycles. The molecule has 0 aliphatic heterocycles. The van der Waals surface area contributed by atoms with Crippen LogP contribution in [0.2, 0.25) is 5.02 Å². The first kappa shape index (κ1) is 19.4. The van der Waals surface area contributed by atoms with E-state index in [0.29, 0.717) is 29.0 Å². The minimum atomic E-state index is -0.801. The van der Waals surface area contributed by atoms with Crippen LogP contribution in [0.15, 0.2) is 23.8 Å². The van der Waals surface area contributed by atoms with Crippen LogP contribution in [0.5, 0.6) is 0 Å². The predicted octanol–water partition coefficient (Wildman–Crippen LogP) is 3.07. The molecule has 7 heteroatoms. The third-order valence-corrected chi connectivity index (χ3v) is 5.13. The van der Waals surface area contributed by atoms with Gasteiger partial charge in [-0.25, -0.2) is 0 Å². The fourth-order valence-corrected chi connectivity index (χ4v) is 3.76. The Morgan fingerprint density at radius 2 is 1.96 bits per heavy atom. The number of carbonyl (C=O) groups excluding carboxylic acids is 3. The van der Waals surface area contributed by atoms with Gasteiger partial charge in [0.15, 0.2) is 5.78 Å².